The molecule has 0 aromatic rings. The summed E-state index contributed by atoms with van der Waals surface area (Å²) < 4.78 is 68.0. The van der Waals surface area contributed by atoms with E-state index in [-0.39, 0.29) is 25.7 Å². The SMILES string of the molecule is CCCCCCCCCCCCCCCCCC(=O)OC[C@H](COP(=O)(O)OC[C@@H](O)COP(=O)(O)OC[C@@H](COC(=O)CCCCCCC)OC(=O)CCCCCCCCCCCCCC)OC(=O)CCCCCCCCCCCCCCCC(C)C. The number of rotatable bonds is 69. The summed E-state index contributed by atoms with van der Waals surface area (Å²) in [5.74, 6) is -1.35. The first kappa shape index (κ1) is 86.1. The van der Waals surface area contributed by atoms with Crippen LogP contribution >= 0.6 is 15.6 Å². The average molecular weight is 1300 g/mol. The summed E-state index contributed by atoms with van der Waals surface area (Å²) >= 11 is 0. The summed E-state index contributed by atoms with van der Waals surface area (Å²) in [4.78, 5) is 72.2. The molecule has 5 atom stereocenters. The number of ether oxygens (including phenoxy) is 4. The van der Waals surface area contributed by atoms with E-state index in [1.54, 1.807) is 0 Å². The summed E-state index contributed by atoms with van der Waals surface area (Å²) in [6.07, 6.45) is 48.8. The third-order valence-electron chi connectivity index (χ3n) is 16.0. The van der Waals surface area contributed by atoms with E-state index in [2.05, 4.69) is 34.6 Å². The van der Waals surface area contributed by atoms with Crippen molar-refractivity contribution in [3.05, 3.63) is 0 Å². The monoisotopic (exact) mass is 1300 g/mol. The van der Waals surface area contributed by atoms with Gasteiger partial charge in [0.1, 0.15) is 19.3 Å². The number of carbonyl (C=O) groups excluding carboxylic acids is 4. The fourth-order valence-corrected chi connectivity index (χ4v) is 12.0. The predicted molar refractivity (Wildman–Crippen MR) is 354 cm³/mol. The van der Waals surface area contributed by atoms with Crippen molar-refractivity contribution < 1.29 is 80.2 Å². The molecule has 0 aromatic carbocycles. The molecule has 0 aliphatic rings. The Hall–Kier alpha value is -1.94. The number of hydrogen-bond acceptors (Lipinski definition) is 15. The van der Waals surface area contributed by atoms with Gasteiger partial charge in [0.05, 0.1) is 26.4 Å². The lowest BCUT2D eigenvalue weighted by molar-refractivity contribution is -0.161. The van der Waals surface area contributed by atoms with E-state index < -0.39 is 97.5 Å². The highest BCUT2D eigenvalue weighted by molar-refractivity contribution is 7.47. The predicted octanol–water partition coefficient (Wildman–Crippen LogP) is 19.7. The van der Waals surface area contributed by atoms with Crippen LogP contribution in [0.2, 0.25) is 0 Å². The van der Waals surface area contributed by atoms with Gasteiger partial charge in [-0.2, -0.15) is 0 Å². The minimum atomic E-state index is -4.95. The lowest BCUT2D eigenvalue weighted by atomic mass is 10.0. The van der Waals surface area contributed by atoms with Crippen LogP contribution in [0.5, 0.6) is 0 Å². The van der Waals surface area contributed by atoms with Gasteiger partial charge in [0.2, 0.25) is 0 Å². The molecular weight excluding hydrogens is 1160 g/mol. The molecule has 0 spiro atoms. The molecule has 3 N–H and O–H groups in total. The molecule has 0 bridgehead atoms. The Kier molecular flexibility index (Phi) is 61.1. The molecule has 0 saturated heterocycles. The van der Waals surface area contributed by atoms with E-state index in [1.165, 1.54) is 173 Å². The highest BCUT2D eigenvalue weighted by Crippen LogP contribution is 2.45. The Balaban J connectivity index is 5.16. The molecule has 88 heavy (non-hydrogen) atoms. The molecule has 0 aliphatic carbocycles. The Morgan fingerprint density at radius 1 is 0.307 bits per heavy atom. The van der Waals surface area contributed by atoms with Gasteiger partial charge in [-0.1, -0.05) is 304 Å². The third kappa shape index (κ3) is 62.8. The molecule has 0 heterocycles. The van der Waals surface area contributed by atoms with Gasteiger partial charge in [0.15, 0.2) is 12.2 Å². The van der Waals surface area contributed by atoms with Crippen LogP contribution in [0, 0.1) is 5.92 Å². The van der Waals surface area contributed by atoms with Crippen LogP contribution in [0.25, 0.3) is 0 Å². The van der Waals surface area contributed by atoms with E-state index in [9.17, 15) is 43.2 Å². The second kappa shape index (κ2) is 62.5. The summed E-state index contributed by atoms with van der Waals surface area (Å²) in [6.45, 7) is 7.17. The number of carbonyl (C=O) groups is 4. The molecule has 522 valence electrons. The normalized spacial score (nSPS) is 14.1. The molecule has 0 rings (SSSR count). The summed E-state index contributed by atoms with van der Waals surface area (Å²) in [5, 5.41) is 10.6. The van der Waals surface area contributed by atoms with Crippen molar-refractivity contribution in [2.75, 3.05) is 39.6 Å². The Labute approximate surface area is 537 Å². The van der Waals surface area contributed by atoms with Gasteiger partial charge < -0.3 is 33.8 Å². The highest BCUT2D eigenvalue weighted by atomic mass is 31.2. The zero-order valence-corrected chi connectivity index (χ0v) is 58.6. The number of unbranched alkanes of at least 4 members (excludes halogenated alkanes) is 41. The van der Waals surface area contributed by atoms with E-state index in [1.807, 2.05) is 0 Å². The molecule has 0 saturated carbocycles. The highest BCUT2D eigenvalue weighted by Gasteiger charge is 2.30. The van der Waals surface area contributed by atoms with Crippen LogP contribution < -0.4 is 0 Å². The number of phosphoric ester groups is 2. The van der Waals surface area contributed by atoms with Gasteiger partial charge in [0, 0.05) is 25.7 Å². The lowest BCUT2D eigenvalue weighted by Crippen LogP contribution is -2.30. The maximum atomic E-state index is 13.0. The van der Waals surface area contributed by atoms with Crippen LogP contribution in [-0.2, 0) is 65.4 Å². The van der Waals surface area contributed by atoms with Gasteiger partial charge in [-0.3, -0.25) is 37.3 Å². The van der Waals surface area contributed by atoms with Crippen LogP contribution in [0.4, 0.5) is 0 Å². The molecule has 19 heteroatoms. The number of phosphoric acid groups is 2. The maximum absolute atomic E-state index is 13.0. The maximum Gasteiger partial charge on any atom is 0.472 e. The van der Waals surface area contributed by atoms with Crippen LogP contribution in [0.3, 0.4) is 0 Å². The first-order valence-electron chi connectivity index (χ1n) is 36.1. The van der Waals surface area contributed by atoms with Crippen LogP contribution in [0.15, 0.2) is 0 Å². The van der Waals surface area contributed by atoms with E-state index >= 15 is 0 Å². The average Bonchev–Trinajstić information content (AvgIpc) is 3.63. The van der Waals surface area contributed by atoms with Crippen molar-refractivity contribution in [3.8, 4) is 0 Å². The minimum absolute atomic E-state index is 0.107. The van der Waals surface area contributed by atoms with Crippen molar-refractivity contribution >= 4 is 39.5 Å². The van der Waals surface area contributed by atoms with Gasteiger partial charge in [-0.05, 0) is 31.6 Å². The van der Waals surface area contributed by atoms with Gasteiger partial charge in [-0.25, -0.2) is 9.13 Å². The zero-order chi connectivity index (χ0) is 64.9. The van der Waals surface area contributed by atoms with Gasteiger partial charge in [0.25, 0.3) is 0 Å². The Morgan fingerprint density at radius 2 is 0.523 bits per heavy atom. The third-order valence-corrected chi connectivity index (χ3v) is 17.9. The molecule has 0 radical (unpaired) electrons. The van der Waals surface area contributed by atoms with Crippen LogP contribution in [0.1, 0.15) is 356 Å². The zero-order valence-electron chi connectivity index (χ0n) is 56.9. The van der Waals surface area contributed by atoms with Gasteiger partial charge in [-0.15, -0.1) is 0 Å². The topological polar surface area (TPSA) is 237 Å². The van der Waals surface area contributed by atoms with Crippen molar-refractivity contribution in [1.29, 1.82) is 0 Å². The fraction of sp³-hybridized carbons (Fsp3) is 0.942. The molecule has 0 fully saturated rings. The first-order chi connectivity index (χ1) is 42.5. The summed E-state index contributed by atoms with van der Waals surface area (Å²) in [7, 11) is -9.89. The quantitative estimate of drug-likeness (QED) is 0.0222. The molecule has 0 aromatic heterocycles. The summed E-state index contributed by atoms with van der Waals surface area (Å²) in [5.41, 5.74) is 0. The Bertz CT molecular complexity index is 1700. The smallest absolute Gasteiger partial charge is 0.462 e. The van der Waals surface area contributed by atoms with Crippen molar-refractivity contribution in [1.82, 2.24) is 0 Å². The fourth-order valence-electron chi connectivity index (χ4n) is 10.5. The molecule has 2 unspecified atom stereocenters. The largest absolute Gasteiger partial charge is 0.472 e. The van der Waals surface area contributed by atoms with Crippen LogP contribution in [-0.4, -0.2) is 96.7 Å². The van der Waals surface area contributed by atoms with E-state index in [0.717, 1.165) is 102 Å². The number of esters is 4. The van der Waals surface area contributed by atoms with E-state index in [0.29, 0.717) is 25.7 Å². The first-order valence-corrected chi connectivity index (χ1v) is 39.1. The van der Waals surface area contributed by atoms with Crippen molar-refractivity contribution in [3.63, 3.8) is 0 Å². The minimum Gasteiger partial charge on any atom is -0.462 e. The van der Waals surface area contributed by atoms with Crippen molar-refractivity contribution in [2.45, 2.75) is 374 Å². The molecule has 17 nitrogen and oxygen atoms in total. The number of aliphatic hydroxyl groups is 1. The van der Waals surface area contributed by atoms with Gasteiger partial charge >= 0.3 is 39.5 Å². The molecular formula is C69H134O17P2. The Morgan fingerprint density at radius 3 is 0.773 bits per heavy atom. The summed E-state index contributed by atoms with van der Waals surface area (Å²) in [6, 6.07) is 0. The lowest BCUT2D eigenvalue weighted by Gasteiger charge is -2.21. The standard InChI is InChI=1S/C69H134O17P2/c1-6-9-12-15-17-19-21-23-24-27-31-34-38-43-48-53-67(72)80-59-65(86-69(74)55-50-45-40-36-32-28-25-26-29-33-37-42-46-51-62(4)5)61-84-88(77,78)82-57-63(70)56-81-87(75,76)83-60-64(58-79-66(71)52-47-41-14-11-8-3)85-68(73)54-49-44-39-35-30-22-20-18-16-13-10-7-2/h62-65,70H,6-61H2,1-5H3,(H,75,76)(H,77,78)/t63-,64+,65+/m0/s1. The number of aliphatic hydroxyl groups excluding tert-OH is 1. The second-order valence-corrected chi connectivity index (χ2v) is 28.3. The number of hydrogen-bond donors (Lipinski definition) is 3. The molecule has 0 amide bonds. The van der Waals surface area contributed by atoms with Crippen molar-refractivity contribution in [2.24, 2.45) is 5.92 Å². The second-order valence-electron chi connectivity index (χ2n) is 25.4. The molecule has 0 aliphatic heterocycles. The van der Waals surface area contributed by atoms with E-state index in [4.69, 9.17) is 37.0 Å².